The third-order valence-electron chi connectivity index (χ3n) is 5.66. The van der Waals surface area contributed by atoms with Gasteiger partial charge in [-0.05, 0) is 11.5 Å². The predicted molar refractivity (Wildman–Crippen MR) is 117 cm³/mol. The molecular formula is C22H26FN3O9. The summed E-state index contributed by atoms with van der Waals surface area (Å²) < 4.78 is 25.0. The molecule has 0 unspecified atom stereocenters. The van der Waals surface area contributed by atoms with Gasteiger partial charge in [-0.2, -0.15) is 4.39 Å². The molecule has 2 heterocycles. The van der Waals surface area contributed by atoms with Crippen molar-refractivity contribution in [2.45, 2.75) is 50.5 Å². The van der Waals surface area contributed by atoms with Gasteiger partial charge in [0, 0.05) is 0 Å². The normalized spacial score (nSPS) is 24.8. The lowest BCUT2D eigenvalue weighted by Crippen LogP contribution is -2.63. The minimum Gasteiger partial charge on any atom is -0.445 e. The second-order valence-electron chi connectivity index (χ2n) is 8.37. The Bertz CT molecular complexity index is 1180. The number of rotatable bonds is 8. The maximum absolute atomic E-state index is 14.1. The Labute approximate surface area is 197 Å². The Morgan fingerprint density at radius 3 is 2.49 bits per heavy atom. The lowest BCUT2D eigenvalue weighted by Gasteiger charge is -2.36. The van der Waals surface area contributed by atoms with E-state index in [0.717, 1.165) is 0 Å². The summed E-state index contributed by atoms with van der Waals surface area (Å²) in [5.41, 5.74) is -4.84. The van der Waals surface area contributed by atoms with Crippen molar-refractivity contribution in [1.82, 2.24) is 14.9 Å². The largest absolute Gasteiger partial charge is 0.445 e. The van der Waals surface area contributed by atoms with Gasteiger partial charge in [0.2, 0.25) is 17.3 Å². The SMILES string of the molecule is CC(C)[C@H](NC(=O)OCc1ccccc1)C(=O)[C@@]1(n2cc(F)c(=O)[nH]c2=O)O[C@H](CO)[C@@H](O)[C@H]1O. The zero-order valence-corrected chi connectivity index (χ0v) is 18.9. The van der Waals surface area contributed by atoms with Crippen LogP contribution in [-0.2, 0) is 26.6 Å². The summed E-state index contributed by atoms with van der Waals surface area (Å²) in [5, 5.41) is 33.0. The number of carbonyl (C=O) groups excluding carboxylic acids is 2. The van der Waals surface area contributed by atoms with E-state index in [4.69, 9.17) is 9.47 Å². The molecule has 5 N–H and O–H groups in total. The molecule has 0 radical (unpaired) electrons. The molecule has 1 amide bonds. The monoisotopic (exact) mass is 495 g/mol. The van der Waals surface area contributed by atoms with Gasteiger partial charge in [-0.3, -0.25) is 19.1 Å². The van der Waals surface area contributed by atoms with Crippen LogP contribution in [0.5, 0.6) is 0 Å². The highest BCUT2D eigenvalue weighted by Gasteiger charge is 2.62. The molecule has 1 fully saturated rings. The number of ketones is 1. The second-order valence-corrected chi connectivity index (χ2v) is 8.37. The first-order chi connectivity index (χ1) is 16.5. The number of hydrogen-bond acceptors (Lipinski definition) is 9. The number of alkyl carbamates (subject to hydrolysis) is 1. The van der Waals surface area contributed by atoms with E-state index in [9.17, 15) is 38.9 Å². The molecule has 5 atom stereocenters. The number of nitrogens with zero attached hydrogens (tertiary/aromatic N) is 1. The zero-order valence-electron chi connectivity index (χ0n) is 18.9. The topological polar surface area (TPSA) is 180 Å². The molecule has 13 heteroatoms. The molecule has 1 aliphatic heterocycles. The molecule has 1 saturated heterocycles. The summed E-state index contributed by atoms with van der Waals surface area (Å²) >= 11 is 0. The summed E-state index contributed by atoms with van der Waals surface area (Å²) in [4.78, 5) is 52.0. The van der Waals surface area contributed by atoms with Gasteiger partial charge in [-0.25, -0.2) is 9.59 Å². The Morgan fingerprint density at radius 2 is 1.91 bits per heavy atom. The molecule has 1 aromatic carbocycles. The lowest BCUT2D eigenvalue weighted by atomic mass is 9.88. The number of aromatic amines is 1. The number of carbonyl (C=O) groups is 2. The predicted octanol–water partition coefficient (Wildman–Crippen LogP) is -1.04. The van der Waals surface area contributed by atoms with Gasteiger partial charge < -0.3 is 30.1 Å². The number of H-pyrrole nitrogens is 1. The Balaban J connectivity index is 1.99. The highest BCUT2D eigenvalue weighted by atomic mass is 19.1. The summed E-state index contributed by atoms with van der Waals surface area (Å²) in [7, 11) is 0. The van der Waals surface area contributed by atoms with Crippen LogP contribution in [0.3, 0.4) is 0 Å². The van der Waals surface area contributed by atoms with Crippen LogP contribution < -0.4 is 16.6 Å². The van der Waals surface area contributed by atoms with Crippen molar-refractivity contribution in [2.24, 2.45) is 5.92 Å². The van der Waals surface area contributed by atoms with Crippen molar-refractivity contribution in [3.63, 3.8) is 0 Å². The molecule has 35 heavy (non-hydrogen) atoms. The van der Waals surface area contributed by atoms with Crippen molar-refractivity contribution < 1.29 is 38.8 Å². The Kier molecular flexibility index (Phi) is 7.85. The molecule has 1 aliphatic rings. The standard InChI is InChI=1S/C22H26FN3O9/c1-11(2)15(24-21(33)34-10-12-6-4-3-5-7-12)17(29)22(18(30)16(28)14(9-27)35-22)26-8-13(23)19(31)25-20(26)32/h3-8,11,14-16,18,27-28,30H,9-10H2,1-2H3,(H,24,33)(H,25,31,32)/t14-,15+,16-,18-,22-/m1/s1. The molecule has 0 aliphatic carbocycles. The molecule has 1 aromatic heterocycles. The molecule has 0 saturated carbocycles. The first kappa shape index (κ1) is 26.2. The third kappa shape index (κ3) is 5.03. The summed E-state index contributed by atoms with van der Waals surface area (Å²) in [6, 6.07) is 7.21. The van der Waals surface area contributed by atoms with Crippen molar-refractivity contribution in [1.29, 1.82) is 0 Å². The van der Waals surface area contributed by atoms with Gasteiger partial charge in [-0.1, -0.05) is 44.2 Å². The first-order valence-corrected chi connectivity index (χ1v) is 10.7. The molecule has 0 spiro atoms. The fraction of sp³-hybridized carbons (Fsp3) is 0.455. The van der Waals surface area contributed by atoms with Gasteiger partial charge in [0.25, 0.3) is 5.56 Å². The average molecular weight is 495 g/mol. The number of nitrogens with one attached hydrogen (secondary N) is 2. The summed E-state index contributed by atoms with van der Waals surface area (Å²) in [6.07, 6.45) is -6.27. The van der Waals surface area contributed by atoms with Crippen LogP contribution in [0.15, 0.2) is 46.1 Å². The van der Waals surface area contributed by atoms with Crippen LogP contribution >= 0.6 is 0 Å². The molecule has 2 aromatic rings. The Hall–Kier alpha value is -3.39. The Morgan fingerprint density at radius 1 is 1.26 bits per heavy atom. The zero-order chi connectivity index (χ0) is 25.9. The number of benzene rings is 1. The van der Waals surface area contributed by atoms with E-state index in [1.165, 1.54) is 13.8 Å². The van der Waals surface area contributed by atoms with Gasteiger partial charge in [0.05, 0.1) is 18.8 Å². The highest BCUT2D eigenvalue weighted by molar-refractivity contribution is 5.93. The van der Waals surface area contributed by atoms with Crippen molar-refractivity contribution >= 4 is 11.9 Å². The second kappa shape index (κ2) is 10.5. The van der Waals surface area contributed by atoms with Crippen LogP contribution in [0.25, 0.3) is 0 Å². The maximum atomic E-state index is 14.1. The number of aliphatic hydroxyl groups excluding tert-OH is 3. The molecule has 0 bridgehead atoms. The minimum absolute atomic E-state index is 0.119. The van der Waals surface area contributed by atoms with E-state index in [1.54, 1.807) is 35.3 Å². The summed E-state index contributed by atoms with van der Waals surface area (Å²) in [6.45, 7) is 2.08. The van der Waals surface area contributed by atoms with Crippen LogP contribution in [0.2, 0.25) is 0 Å². The minimum atomic E-state index is -2.80. The van der Waals surface area contributed by atoms with E-state index in [0.29, 0.717) is 16.3 Å². The lowest BCUT2D eigenvalue weighted by molar-refractivity contribution is -0.179. The van der Waals surface area contributed by atoms with E-state index in [-0.39, 0.29) is 6.61 Å². The quantitative estimate of drug-likeness (QED) is 0.306. The van der Waals surface area contributed by atoms with Crippen molar-refractivity contribution in [3.05, 3.63) is 68.7 Å². The molecule has 12 nitrogen and oxygen atoms in total. The van der Waals surface area contributed by atoms with E-state index in [1.807, 2.05) is 0 Å². The highest BCUT2D eigenvalue weighted by Crippen LogP contribution is 2.37. The van der Waals surface area contributed by atoms with Gasteiger partial charge in [0.15, 0.2) is 0 Å². The van der Waals surface area contributed by atoms with E-state index in [2.05, 4.69) is 5.32 Å². The number of ether oxygens (including phenoxy) is 2. The van der Waals surface area contributed by atoms with Gasteiger partial charge >= 0.3 is 11.8 Å². The van der Waals surface area contributed by atoms with Gasteiger partial charge in [0.1, 0.15) is 24.9 Å². The fourth-order valence-electron chi connectivity index (χ4n) is 3.82. The third-order valence-corrected chi connectivity index (χ3v) is 5.66. The average Bonchev–Trinajstić information content (AvgIpc) is 3.09. The first-order valence-electron chi connectivity index (χ1n) is 10.7. The van der Waals surface area contributed by atoms with Crippen LogP contribution in [0.4, 0.5) is 9.18 Å². The number of aliphatic hydroxyl groups is 3. The smallest absolute Gasteiger partial charge is 0.408 e. The number of aromatic nitrogens is 2. The number of hydrogen-bond donors (Lipinski definition) is 5. The molecule has 3 rings (SSSR count). The van der Waals surface area contributed by atoms with Gasteiger partial charge in [-0.15, -0.1) is 0 Å². The van der Waals surface area contributed by atoms with E-state index < -0.39 is 71.5 Å². The van der Waals surface area contributed by atoms with Crippen molar-refractivity contribution in [3.8, 4) is 0 Å². The fourth-order valence-corrected chi connectivity index (χ4v) is 3.82. The van der Waals surface area contributed by atoms with Crippen LogP contribution in [0, 0.1) is 11.7 Å². The number of halogens is 1. The van der Waals surface area contributed by atoms with E-state index >= 15 is 0 Å². The van der Waals surface area contributed by atoms with Crippen LogP contribution in [-0.4, -0.2) is 67.7 Å². The van der Waals surface area contributed by atoms with Crippen LogP contribution in [0.1, 0.15) is 19.4 Å². The molecule has 190 valence electrons. The summed E-state index contributed by atoms with van der Waals surface area (Å²) in [5.74, 6) is -3.31. The maximum Gasteiger partial charge on any atom is 0.408 e. The van der Waals surface area contributed by atoms with Crippen molar-refractivity contribution in [2.75, 3.05) is 6.61 Å². The number of Topliss-reactive ketones (excluding diaryl/α,β-unsaturated/α-hetero) is 1. The number of amides is 1. The molecular weight excluding hydrogens is 469 g/mol.